The second-order valence-electron chi connectivity index (χ2n) is 19.1. The van der Waals surface area contributed by atoms with Crippen molar-refractivity contribution in [2.24, 2.45) is 10.8 Å². The van der Waals surface area contributed by atoms with E-state index in [0.29, 0.717) is 6.42 Å². The molecule has 0 heterocycles. The highest BCUT2D eigenvalue weighted by molar-refractivity contribution is 5.69. The van der Waals surface area contributed by atoms with Crippen molar-refractivity contribution in [1.82, 2.24) is 0 Å². The van der Waals surface area contributed by atoms with Crippen molar-refractivity contribution in [3.05, 3.63) is 130 Å². The Balaban J connectivity index is 1.76. The average Bonchev–Trinajstić information content (AvgIpc) is 3.13. The van der Waals surface area contributed by atoms with Crippen LogP contribution in [0.5, 0.6) is 0 Å². The van der Waals surface area contributed by atoms with E-state index < -0.39 is 0 Å². The zero-order valence-corrected chi connectivity index (χ0v) is 39.7. The van der Waals surface area contributed by atoms with Gasteiger partial charge >= 0.3 is 5.97 Å². The zero-order valence-electron chi connectivity index (χ0n) is 39.7. The summed E-state index contributed by atoms with van der Waals surface area (Å²) in [4.78, 5) is 12.7. The molecule has 0 fully saturated rings. The van der Waals surface area contributed by atoms with E-state index in [1.807, 2.05) is 0 Å². The van der Waals surface area contributed by atoms with Gasteiger partial charge in [0.15, 0.2) is 0 Å². The maximum Gasteiger partial charge on any atom is 0.306 e. The number of allylic oxidation sites excluding steroid dienone is 20. The topological polar surface area (TPSA) is 46.5 Å². The number of aliphatic hydroxyl groups excluding tert-OH is 1. The molecule has 2 aliphatic carbocycles. The van der Waals surface area contributed by atoms with Crippen LogP contribution in [0.4, 0.5) is 0 Å². The Morgan fingerprint density at radius 3 is 1.41 bits per heavy atom. The number of hydrogen-bond acceptors (Lipinski definition) is 3. The Hall–Kier alpha value is -3.43. The van der Waals surface area contributed by atoms with Gasteiger partial charge in [0.2, 0.25) is 0 Å². The van der Waals surface area contributed by atoms with Crippen LogP contribution in [-0.2, 0) is 9.53 Å². The molecule has 0 aromatic carbocycles. The predicted octanol–water partition coefficient (Wildman–Crippen LogP) is 16.6. The fraction of sp³-hybridized carbons (Fsp3) is 0.589. The van der Waals surface area contributed by atoms with Gasteiger partial charge in [0, 0.05) is 12.8 Å². The molecular formula is C56H86O3. The van der Waals surface area contributed by atoms with Crippen LogP contribution in [-0.4, -0.2) is 23.3 Å². The van der Waals surface area contributed by atoms with Crippen LogP contribution in [0.15, 0.2) is 130 Å². The van der Waals surface area contributed by atoms with Gasteiger partial charge < -0.3 is 9.84 Å². The second kappa shape index (κ2) is 28.2. The lowest BCUT2D eigenvalue weighted by Gasteiger charge is -2.37. The molecule has 1 N–H and O–H groups in total. The van der Waals surface area contributed by atoms with E-state index in [2.05, 4.69) is 161 Å². The summed E-state index contributed by atoms with van der Waals surface area (Å²) >= 11 is 0. The molecule has 2 rings (SSSR count). The molecule has 3 heteroatoms. The Bertz CT molecular complexity index is 1640. The maximum atomic E-state index is 12.7. The summed E-state index contributed by atoms with van der Waals surface area (Å²) in [5.74, 6) is -0.0242. The number of carbonyl (C=O) groups is 1. The molecule has 59 heavy (non-hydrogen) atoms. The van der Waals surface area contributed by atoms with Gasteiger partial charge in [0.05, 0.1) is 6.10 Å². The van der Waals surface area contributed by atoms with Gasteiger partial charge in [0.25, 0.3) is 0 Å². The van der Waals surface area contributed by atoms with Crippen molar-refractivity contribution in [3.8, 4) is 0 Å². The van der Waals surface area contributed by atoms with Crippen LogP contribution >= 0.6 is 0 Å². The van der Waals surface area contributed by atoms with Crippen molar-refractivity contribution in [2.45, 2.75) is 204 Å². The van der Waals surface area contributed by atoms with E-state index in [9.17, 15) is 9.90 Å². The Labute approximate surface area is 363 Å². The van der Waals surface area contributed by atoms with E-state index in [1.54, 1.807) is 0 Å². The number of ether oxygens (including phenoxy) is 1. The minimum absolute atomic E-state index is 0.00275. The summed E-state index contributed by atoms with van der Waals surface area (Å²) in [6, 6.07) is 0. The molecule has 3 nitrogen and oxygen atoms in total. The SMILES string of the molecule is CCCCCCCCCCCCCCCC(=O)OC1CC(C)=C(C=CC(C)=CC=CC(C)=CC=CC=C(C)C=CC=C(C)C=CC2=C(C)CC(O)CC2(C)C)C(C)(C)C1. The number of aliphatic hydroxyl groups is 1. The molecule has 0 amide bonds. The minimum atomic E-state index is -0.233. The van der Waals surface area contributed by atoms with Gasteiger partial charge in [-0.3, -0.25) is 4.79 Å². The average molecular weight is 807 g/mol. The first-order chi connectivity index (χ1) is 28.0. The quantitative estimate of drug-likeness (QED) is 0.0568. The molecule has 0 aromatic rings. The normalized spacial score (nSPS) is 21.2. The molecule has 0 saturated carbocycles. The number of rotatable bonds is 25. The Morgan fingerprint density at radius 1 is 0.576 bits per heavy atom. The van der Waals surface area contributed by atoms with Gasteiger partial charge in [-0.1, -0.05) is 230 Å². The molecular weight excluding hydrogens is 721 g/mol. The lowest BCUT2D eigenvalue weighted by molar-refractivity contribution is -0.150. The fourth-order valence-corrected chi connectivity index (χ4v) is 8.71. The van der Waals surface area contributed by atoms with E-state index in [0.717, 1.165) is 38.5 Å². The van der Waals surface area contributed by atoms with Crippen molar-refractivity contribution >= 4 is 5.97 Å². The molecule has 0 bridgehead atoms. The van der Waals surface area contributed by atoms with Crippen molar-refractivity contribution in [2.75, 3.05) is 0 Å². The van der Waals surface area contributed by atoms with Crippen LogP contribution in [0.25, 0.3) is 0 Å². The first kappa shape index (κ1) is 51.7. The molecule has 2 atom stereocenters. The largest absolute Gasteiger partial charge is 0.462 e. The second-order valence-corrected chi connectivity index (χ2v) is 19.1. The third-order valence-corrected chi connectivity index (χ3v) is 12.0. The molecule has 0 spiro atoms. The Morgan fingerprint density at radius 2 is 0.966 bits per heavy atom. The number of carbonyl (C=O) groups excluding carboxylic acids is 1. The van der Waals surface area contributed by atoms with Crippen molar-refractivity contribution < 1.29 is 14.6 Å². The number of esters is 1. The highest BCUT2D eigenvalue weighted by atomic mass is 16.5. The molecule has 0 saturated heterocycles. The smallest absolute Gasteiger partial charge is 0.306 e. The highest BCUT2D eigenvalue weighted by Crippen LogP contribution is 2.43. The summed E-state index contributed by atoms with van der Waals surface area (Å²) in [5, 5.41) is 10.2. The molecule has 328 valence electrons. The lowest BCUT2D eigenvalue weighted by Crippen LogP contribution is -2.31. The molecule has 0 aromatic heterocycles. The summed E-state index contributed by atoms with van der Waals surface area (Å²) in [7, 11) is 0. The third-order valence-electron chi connectivity index (χ3n) is 12.0. The zero-order chi connectivity index (χ0) is 43.7. The van der Waals surface area contributed by atoms with Crippen molar-refractivity contribution in [1.29, 1.82) is 0 Å². The van der Waals surface area contributed by atoms with Crippen LogP contribution in [0.1, 0.15) is 192 Å². The summed E-state index contributed by atoms with van der Waals surface area (Å²) in [6.45, 7) is 24.1. The monoisotopic (exact) mass is 807 g/mol. The molecule has 0 aliphatic heterocycles. The van der Waals surface area contributed by atoms with Crippen LogP contribution in [0, 0.1) is 10.8 Å². The van der Waals surface area contributed by atoms with E-state index in [-0.39, 0.29) is 29.0 Å². The molecule has 2 unspecified atom stereocenters. The molecule has 2 aliphatic rings. The first-order valence-electron chi connectivity index (χ1n) is 23.4. The van der Waals surface area contributed by atoms with E-state index >= 15 is 0 Å². The van der Waals surface area contributed by atoms with Gasteiger partial charge in [-0.25, -0.2) is 0 Å². The van der Waals surface area contributed by atoms with Gasteiger partial charge in [0.1, 0.15) is 6.10 Å². The summed E-state index contributed by atoms with van der Waals surface area (Å²) < 4.78 is 6.01. The van der Waals surface area contributed by atoms with Gasteiger partial charge in [-0.2, -0.15) is 0 Å². The summed E-state index contributed by atoms with van der Waals surface area (Å²) in [6.07, 6.45) is 50.7. The number of unbranched alkanes of at least 4 members (excludes halogenated alkanes) is 12. The lowest BCUT2D eigenvalue weighted by atomic mass is 9.71. The number of hydrogen-bond donors (Lipinski definition) is 1. The van der Waals surface area contributed by atoms with Crippen molar-refractivity contribution in [3.63, 3.8) is 0 Å². The van der Waals surface area contributed by atoms with Gasteiger partial charge in [-0.15, -0.1) is 0 Å². The Kier molecular flexibility index (Phi) is 24.7. The van der Waals surface area contributed by atoms with Crippen LogP contribution < -0.4 is 0 Å². The minimum Gasteiger partial charge on any atom is -0.462 e. The van der Waals surface area contributed by atoms with E-state index in [1.165, 1.54) is 115 Å². The van der Waals surface area contributed by atoms with E-state index in [4.69, 9.17) is 4.74 Å². The first-order valence-corrected chi connectivity index (χ1v) is 23.4. The van der Waals surface area contributed by atoms with Crippen LogP contribution in [0.3, 0.4) is 0 Å². The standard InChI is InChI=1S/C56H86O3/c1-12-13-14-15-16-17-18-19-20-21-22-23-24-35-54(58)59-51-41-49(7)53(56(10,11)43-51)39-37-47(5)34-28-32-45(3)30-26-25-29-44(2)31-27-33-46(4)36-38-52-48(6)40-50(57)42-55(52,8)9/h25-34,36-39,50-51,57H,12-24,35,40-43H2,1-11H3. The van der Waals surface area contributed by atoms with Crippen LogP contribution in [0.2, 0.25) is 0 Å². The summed E-state index contributed by atoms with van der Waals surface area (Å²) in [5.41, 5.74) is 10.0. The maximum absolute atomic E-state index is 12.7. The van der Waals surface area contributed by atoms with Gasteiger partial charge in [-0.05, 0) is 89.2 Å². The fourth-order valence-electron chi connectivity index (χ4n) is 8.71. The molecule has 0 radical (unpaired) electrons. The predicted molar refractivity (Wildman–Crippen MR) is 258 cm³/mol. The third kappa shape index (κ3) is 22.1. The highest BCUT2D eigenvalue weighted by Gasteiger charge is 2.34.